The third-order valence-corrected chi connectivity index (χ3v) is 4.64. The summed E-state index contributed by atoms with van der Waals surface area (Å²) in [7, 11) is 1.61. The highest BCUT2D eigenvalue weighted by atomic mass is 16.5. The molecule has 0 saturated carbocycles. The molecule has 0 unspecified atom stereocenters. The van der Waals surface area contributed by atoms with Crippen LogP contribution in [0, 0.1) is 0 Å². The van der Waals surface area contributed by atoms with Gasteiger partial charge in [0.2, 0.25) is 5.91 Å². The molecule has 1 aliphatic rings. The number of nitrogens with one attached hydrogen (secondary N) is 1. The first-order valence-electron chi connectivity index (χ1n) is 9.20. The highest BCUT2D eigenvalue weighted by molar-refractivity contribution is 5.97. The number of carbonyl (C=O) groups is 2. The molecule has 2 heterocycles. The normalized spacial score (nSPS) is 15.1. The Morgan fingerprint density at radius 2 is 2.04 bits per heavy atom. The van der Waals surface area contributed by atoms with Crippen molar-refractivity contribution < 1.29 is 14.3 Å². The van der Waals surface area contributed by atoms with E-state index < -0.39 is 0 Å². The van der Waals surface area contributed by atoms with Gasteiger partial charge in [-0.25, -0.2) is 4.98 Å². The number of carbonyl (C=O) groups excluding carboxylic acids is 2. The third kappa shape index (κ3) is 4.51. The summed E-state index contributed by atoms with van der Waals surface area (Å²) < 4.78 is 5.05. The van der Waals surface area contributed by atoms with Gasteiger partial charge in [0.05, 0.1) is 6.61 Å². The first-order chi connectivity index (χ1) is 13.1. The number of hydrogen-bond acceptors (Lipinski definition) is 5. The van der Waals surface area contributed by atoms with Crippen LogP contribution in [0.3, 0.4) is 0 Å². The van der Waals surface area contributed by atoms with Crippen molar-refractivity contribution in [2.75, 3.05) is 39.9 Å². The van der Waals surface area contributed by atoms with Gasteiger partial charge in [-0.05, 0) is 18.6 Å². The van der Waals surface area contributed by atoms with Crippen molar-refractivity contribution in [3.63, 3.8) is 0 Å². The number of methoxy groups -OCH3 is 1. The monoisotopic (exact) mass is 371 g/mol. The fourth-order valence-corrected chi connectivity index (χ4v) is 3.06. The summed E-state index contributed by atoms with van der Waals surface area (Å²) in [6.07, 6.45) is 1.55. The SMILES string of the molecule is CCc1nc(-c2ccc(C(=O)N3CCCN(CCOC)C(=O)C3)cc2)n[nH]1. The Kier molecular flexibility index (Phi) is 6.18. The topological polar surface area (TPSA) is 91.4 Å². The van der Waals surface area contributed by atoms with E-state index in [1.54, 1.807) is 29.0 Å². The predicted molar refractivity (Wildman–Crippen MR) is 100 cm³/mol. The largest absolute Gasteiger partial charge is 0.383 e. The fourth-order valence-electron chi connectivity index (χ4n) is 3.06. The van der Waals surface area contributed by atoms with Crippen molar-refractivity contribution >= 4 is 11.8 Å². The minimum absolute atomic E-state index is 0.0395. The standard InChI is InChI=1S/C19H25N5O3/c1-3-16-20-18(22-21-16)14-5-7-15(8-6-14)19(26)24-10-4-9-23(11-12-27-2)17(25)13-24/h5-8H,3-4,9-13H2,1-2H3,(H,20,21,22). The van der Waals surface area contributed by atoms with Gasteiger partial charge in [0.15, 0.2) is 5.82 Å². The second kappa shape index (κ2) is 8.77. The van der Waals surface area contributed by atoms with E-state index in [0.29, 0.717) is 37.6 Å². The maximum absolute atomic E-state index is 12.8. The number of aromatic nitrogens is 3. The number of hydrogen-bond donors (Lipinski definition) is 1. The van der Waals surface area contributed by atoms with Crippen LogP contribution in [0.5, 0.6) is 0 Å². The first-order valence-corrected chi connectivity index (χ1v) is 9.20. The van der Waals surface area contributed by atoms with Crippen LogP contribution in [0.25, 0.3) is 11.4 Å². The molecular formula is C19H25N5O3. The number of amides is 2. The molecule has 144 valence electrons. The van der Waals surface area contributed by atoms with Crippen LogP contribution >= 0.6 is 0 Å². The zero-order valence-electron chi connectivity index (χ0n) is 15.8. The van der Waals surface area contributed by atoms with Gasteiger partial charge in [0.25, 0.3) is 5.91 Å². The van der Waals surface area contributed by atoms with E-state index in [4.69, 9.17) is 4.74 Å². The molecule has 8 nitrogen and oxygen atoms in total. The predicted octanol–water partition coefficient (Wildman–Crippen LogP) is 1.35. The van der Waals surface area contributed by atoms with E-state index in [9.17, 15) is 9.59 Å². The Bertz CT molecular complexity index is 787. The summed E-state index contributed by atoms with van der Waals surface area (Å²) in [6.45, 7) is 4.38. The Balaban J connectivity index is 1.67. The van der Waals surface area contributed by atoms with Crippen molar-refractivity contribution in [2.24, 2.45) is 0 Å². The number of aromatic amines is 1. The number of rotatable bonds is 6. The molecule has 2 aromatic rings. The summed E-state index contributed by atoms with van der Waals surface area (Å²) in [6, 6.07) is 7.19. The molecule has 8 heteroatoms. The van der Waals surface area contributed by atoms with E-state index in [1.165, 1.54) is 0 Å². The van der Waals surface area contributed by atoms with Gasteiger partial charge >= 0.3 is 0 Å². The zero-order chi connectivity index (χ0) is 19.2. The average molecular weight is 371 g/mol. The van der Waals surface area contributed by atoms with Crippen LogP contribution in [0.15, 0.2) is 24.3 Å². The fraction of sp³-hybridized carbons (Fsp3) is 0.474. The highest BCUT2D eigenvalue weighted by Gasteiger charge is 2.25. The minimum atomic E-state index is -0.132. The third-order valence-electron chi connectivity index (χ3n) is 4.64. The average Bonchev–Trinajstić information content (AvgIpc) is 3.10. The number of ether oxygens (including phenoxy) is 1. The Hall–Kier alpha value is -2.74. The summed E-state index contributed by atoms with van der Waals surface area (Å²) in [5, 5.41) is 7.07. The number of benzene rings is 1. The first kappa shape index (κ1) is 19.0. The van der Waals surface area contributed by atoms with Crippen LogP contribution in [0.4, 0.5) is 0 Å². The maximum atomic E-state index is 12.8. The Labute approximate surface area is 158 Å². The molecule has 0 bridgehead atoms. The molecule has 1 N–H and O–H groups in total. The number of nitrogens with zero attached hydrogens (tertiary/aromatic N) is 4. The van der Waals surface area contributed by atoms with Crippen LogP contribution in [-0.2, 0) is 16.0 Å². The van der Waals surface area contributed by atoms with Crippen molar-refractivity contribution in [1.82, 2.24) is 25.0 Å². The van der Waals surface area contributed by atoms with Crippen molar-refractivity contribution in [3.05, 3.63) is 35.7 Å². The highest BCUT2D eigenvalue weighted by Crippen LogP contribution is 2.17. The van der Waals surface area contributed by atoms with E-state index in [-0.39, 0.29) is 18.4 Å². The van der Waals surface area contributed by atoms with E-state index in [0.717, 1.165) is 24.2 Å². The minimum Gasteiger partial charge on any atom is -0.383 e. The van der Waals surface area contributed by atoms with Crippen LogP contribution < -0.4 is 0 Å². The van der Waals surface area contributed by atoms with Crippen LogP contribution in [0.1, 0.15) is 29.5 Å². The molecule has 0 atom stereocenters. The summed E-state index contributed by atoms with van der Waals surface area (Å²) in [5.41, 5.74) is 1.41. The molecule has 3 rings (SSSR count). The van der Waals surface area contributed by atoms with Gasteiger partial charge in [-0.3, -0.25) is 14.7 Å². The smallest absolute Gasteiger partial charge is 0.254 e. The van der Waals surface area contributed by atoms with E-state index >= 15 is 0 Å². The molecule has 1 aromatic heterocycles. The van der Waals surface area contributed by atoms with Crippen molar-refractivity contribution in [1.29, 1.82) is 0 Å². The lowest BCUT2D eigenvalue weighted by molar-refractivity contribution is -0.131. The summed E-state index contributed by atoms with van der Waals surface area (Å²) in [4.78, 5) is 33.0. The van der Waals surface area contributed by atoms with Gasteiger partial charge in [0.1, 0.15) is 12.4 Å². The molecule has 0 aliphatic carbocycles. The van der Waals surface area contributed by atoms with Gasteiger partial charge in [-0.15, -0.1) is 0 Å². The van der Waals surface area contributed by atoms with E-state index in [2.05, 4.69) is 15.2 Å². The maximum Gasteiger partial charge on any atom is 0.254 e. The molecule has 1 saturated heterocycles. The van der Waals surface area contributed by atoms with Crippen LogP contribution in [-0.4, -0.2) is 76.7 Å². The second-order valence-corrected chi connectivity index (χ2v) is 6.49. The summed E-state index contributed by atoms with van der Waals surface area (Å²) in [5.74, 6) is 1.27. The second-order valence-electron chi connectivity index (χ2n) is 6.49. The molecule has 1 aliphatic heterocycles. The lowest BCUT2D eigenvalue weighted by atomic mass is 10.1. The molecule has 0 radical (unpaired) electrons. The van der Waals surface area contributed by atoms with Gasteiger partial charge in [0, 0.05) is 44.3 Å². The molecule has 0 spiro atoms. The van der Waals surface area contributed by atoms with Gasteiger partial charge in [-0.1, -0.05) is 19.1 Å². The van der Waals surface area contributed by atoms with Crippen LogP contribution in [0.2, 0.25) is 0 Å². The lowest BCUT2D eigenvalue weighted by Crippen LogP contribution is -2.40. The zero-order valence-corrected chi connectivity index (χ0v) is 15.8. The summed E-state index contributed by atoms with van der Waals surface area (Å²) >= 11 is 0. The van der Waals surface area contributed by atoms with Crippen molar-refractivity contribution in [3.8, 4) is 11.4 Å². The molecule has 1 fully saturated rings. The number of aryl methyl sites for hydroxylation is 1. The molecular weight excluding hydrogens is 346 g/mol. The Morgan fingerprint density at radius 3 is 2.70 bits per heavy atom. The van der Waals surface area contributed by atoms with Gasteiger partial charge in [-0.2, -0.15) is 5.10 Å². The van der Waals surface area contributed by atoms with Crippen molar-refractivity contribution in [2.45, 2.75) is 19.8 Å². The van der Waals surface area contributed by atoms with Gasteiger partial charge < -0.3 is 14.5 Å². The quantitative estimate of drug-likeness (QED) is 0.828. The Morgan fingerprint density at radius 1 is 1.26 bits per heavy atom. The van der Waals surface area contributed by atoms with E-state index in [1.807, 2.05) is 19.1 Å². The molecule has 1 aromatic carbocycles. The molecule has 27 heavy (non-hydrogen) atoms. The molecule has 2 amide bonds. The lowest BCUT2D eigenvalue weighted by Gasteiger charge is -2.21. The number of H-pyrrole nitrogens is 1.